The number of rotatable bonds is 10. The largest absolute Gasteiger partial charge is 0.332 e. The molecule has 0 aromatic heterocycles. The predicted octanol–water partition coefficient (Wildman–Crippen LogP) is 2.20. The van der Waals surface area contributed by atoms with E-state index in [9.17, 15) is 14.4 Å². The van der Waals surface area contributed by atoms with Crippen LogP contribution in [0.1, 0.15) is 51.9 Å². The highest BCUT2D eigenvalue weighted by molar-refractivity contribution is 8.00. The summed E-state index contributed by atoms with van der Waals surface area (Å²) >= 11 is 1.86. The highest BCUT2D eigenvalue weighted by Gasteiger charge is 2.42. The lowest BCUT2D eigenvalue weighted by atomic mass is 9.93. The minimum atomic E-state index is -0.560. The second kappa shape index (κ2) is 8.56. The Bertz CT molecular complexity index is 416. The van der Waals surface area contributed by atoms with Crippen LogP contribution in [0.4, 0.5) is 4.79 Å². The number of carbonyl (C=O) groups excluding carboxylic acids is 3. The summed E-state index contributed by atoms with van der Waals surface area (Å²) in [6.07, 6.45) is 7.73. The number of amides is 2. The zero-order valence-electron chi connectivity index (χ0n) is 13.1. The van der Waals surface area contributed by atoms with Crippen LogP contribution in [0.5, 0.6) is 0 Å². The molecule has 2 heterocycles. The standard InChI is InChI=1S/C16H25N2O3S/c1-2-3-4-7-13(20)11(9-19)6-5-8-14-15-12(10-22-14)17-16(21)18-15/h11-12,14-15H,2-8,10H2,1H3,(H2,17,18,21)/t11?,12-,14-,15-/m0/s1. The maximum atomic E-state index is 12.0. The van der Waals surface area contributed by atoms with Crippen LogP contribution in [0, 0.1) is 5.92 Å². The smallest absolute Gasteiger partial charge is 0.315 e. The minimum Gasteiger partial charge on any atom is -0.332 e. The summed E-state index contributed by atoms with van der Waals surface area (Å²) in [7, 11) is 0. The Morgan fingerprint density at radius 2 is 2.18 bits per heavy atom. The van der Waals surface area contributed by atoms with Crippen LogP contribution in [-0.2, 0) is 9.59 Å². The van der Waals surface area contributed by atoms with Crippen molar-refractivity contribution >= 4 is 29.9 Å². The van der Waals surface area contributed by atoms with Crippen molar-refractivity contribution < 1.29 is 14.4 Å². The fourth-order valence-electron chi connectivity index (χ4n) is 3.18. The lowest BCUT2D eigenvalue weighted by Gasteiger charge is -2.17. The number of carbonyl (C=O) groups is 2. The summed E-state index contributed by atoms with van der Waals surface area (Å²) in [4.78, 5) is 34.3. The Labute approximate surface area is 136 Å². The van der Waals surface area contributed by atoms with Gasteiger partial charge >= 0.3 is 6.03 Å². The Morgan fingerprint density at radius 3 is 2.91 bits per heavy atom. The van der Waals surface area contributed by atoms with Gasteiger partial charge in [-0.2, -0.15) is 11.8 Å². The van der Waals surface area contributed by atoms with E-state index in [4.69, 9.17) is 0 Å². The van der Waals surface area contributed by atoms with Gasteiger partial charge in [-0.1, -0.05) is 26.2 Å². The van der Waals surface area contributed by atoms with Crippen molar-refractivity contribution in [3.05, 3.63) is 0 Å². The lowest BCUT2D eigenvalue weighted by molar-refractivity contribution is -0.121. The van der Waals surface area contributed by atoms with E-state index in [2.05, 4.69) is 17.6 Å². The number of hydrogen-bond donors (Lipinski definition) is 2. The molecule has 123 valence electrons. The highest BCUT2D eigenvalue weighted by Crippen LogP contribution is 2.33. The number of hydrogen-bond acceptors (Lipinski definition) is 4. The molecule has 2 saturated heterocycles. The van der Waals surface area contributed by atoms with Gasteiger partial charge in [0, 0.05) is 17.4 Å². The van der Waals surface area contributed by atoms with Crippen LogP contribution in [0.15, 0.2) is 0 Å². The predicted molar refractivity (Wildman–Crippen MR) is 87.7 cm³/mol. The number of Topliss-reactive ketones (excluding diaryl/α,β-unsaturated/α-hetero) is 1. The maximum absolute atomic E-state index is 12.0. The second-order valence-electron chi connectivity index (χ2n) is 6.15. The van der Waals surface area contributed by atoms with Crippen molar-refractivity contribution in [2.45, 2.75) is 69.2 Å². The molecule has 0 spiro atoms. The lowest BCUT2D eigenvalue weighted by Crippen LogP contribution is -2.36. The van der Waals surface area contributed by atoms with Crippen LogP contribution in [0.3, 0.4) is 0 Å². The van der Waals surface area contributed by atoms with Gasteiger partial charge in [0.1, 0.15) is 5.78 Å². The van der Waals surface area contributed by atoms with Crippen molar-refractivity contribution in [1.29, 1.82) is 0 Å². The highest BCUT2D eigenvalue weighted by atomic mass is 32.2. The monoisotopic (exact) mass is 325 g/mol. The fourth-order valence-corrected chi connectivity index (χ4v) is 4.72. The van der Waals surface area contributed by atoms with E-state index in [0.29, 0.717) is 18.1 Å². The molecule has 2 amide bonds. The first-order chi connectivity index (χ1) is 10.7. The molecule has 5 nitrogen and oxygen atoms in total. The number of nitrogens with one attached hydrogen (secondary N) is 2. The number of thioether (sulfide) groups is 1. The topological polar surface area (TPSA) is 75.3 Å². The second-order valence-corrected chi connectivity index (χ2v) is 7.42. The maximum Gasteiger partial charge on any atom is 0.315 e. The van der Waals surface area contributed by atoms with Gasteiger partial charge in [0.2, 0.25) is 6.29 Å². The molecule has 22 heavy (non-hydrogen) atoms. The minimum absolute atomic E-state index is 0.0382. The average molecular weight is 325 g/mol. The molecule has 0 aromatic rings. The van der Waals surface area contributed by atoms with Crippen LogP contribution >= 0.6 is 11.8 Å². The molecule has 2 aliphatic heterocycles. The van der Waals surface area contributed by atoms with Gasteiger partial charge < -0.3 is 10.6 Å². The van der Waals surface area contributed by atoms with E-state index in [1.807, 2.05) is 18.0 Å². The summed E-state index contributed by atoms with van der Waals surface area (Å²) in [6.45, 7) is 2.09. The van der Waals surface area contributed by atoms with Crippen LogP contribution in [0.2, 0.25) is 0 Å². The van der Waals surface area contributed by atoms with E-state index < -0.39 is 5.92 Å². The third kappa shape index (κ3) is 4.48. The van der Waals surface area contributed by atoms with Gasteiger partial charge in [-0.25, -0.2) is 4.79 Å². The fraction of sp³-hybridized carbons (Fsp3) is 0.812. The molecule has 6 heteroatoms. The summed E-state index contributed by atoms with van der Waals surface area (Å²) in [5.41, 5.74) is 0. The van der Waals surface area contributed by atoms with Crippen molar-refractivity contribution in [3.8, 4) is 0 Å². The molecule has 0 aliphatic carbocycles. The molecule has 0 aromatic carbocycles. The Hall–Kier alpha value is -1.04. The molecule has 1 radical (unpaired) electrons. The average Bonchev–Trinajstić information content (AvgIpc) is 3.03. The van der Waals surface area contributed by atoms with Gasteiger partial charge in [-0.3, -0.25) is 9.59 Å². The van der Waals surface area contributed by atoms with E-state index >= 15 is 0 Å². The molecule has 2 fully saturated rings. The number of urea groups is 1. The Kier molecular flexibility index (Phi) is 6.73. The van der Waals surface area contributed by atoms with E-state index in [0.717, 1.165) is 37.9 Å². The molecular formula is C16H25N2O3S. The van der Waals surface area contributed by atoms with Gasteiger partial charge in [0.05, 0.1) is 18.0 Å². The van der Waals surface area contributed by atoms with Crippen molar-refractivity contribution in [2.75, 3.05) is 5.75 Å². The first-order valence-electron chi connectivity index (χ1n) is 8.24. The third-order valence-electron chi connectivity index (χ3n) is 4.48. The normalized spacial score (nSPS) is 27.9. The molecule has 2 rings (SSSR count). The summed E-state index contributed by atoms with van der Waals surface area (Å²) in [5, 5.41) is 6.26. The number of fused-ring (bicyclic) bond motifs is 1. The van der Waals surface area contributed by atoms with Crippen molar-refractivity contribution in [2.24, 2.45) is 5.92 Å². The third-order valence-corrected chi connectivity index (χ3v) is 5.99. The summed E-state index contributed by atoms with van der Waals surface area (Å²) in [6, 6.07) is 0.341. The van der Waals surface area contributed by atoms with Crippen LogP contribution in [0.25, 0.3) is 0 Å². The van der Waals surface area contributed by atoms with Gasteiger partial charge in [0.15, 0.2) is 0 Å². The first-order valence-corrected chi connectivity index (χ1v) is 9.29. The zero-order valence-corrected chi connectivity index (χ0v) is 13.9. The molecule has 2 aliphatic rings. The van der Waals surface area contributed by atoms with Gasteiger partial charge in [-0.05, 0) is 19.3 Å². The van der Waals surface area contributed by atoms with Crippen molar-refractivity contribution in [3.63, 3.8) is 0 Å². The molecule has 0 saturated carbocycles. The first kappa shape index (κ1) is 17.3. The van der Waals surface area contributed by atoms with E-state index in [1.165, 1.54) is 0 Å². The van der Waals surface area contributed by atoms with Crippen LogP contribution in [-0.4, -0.2) is 41.2 Å². The Balaban J connectivity index is 1.69. The summed E-state index contributed by atoms with van der Waals surface area (Å²) < 4.78 is 0. The Morgan fingerprint density at radius 1 is 1.36 bits per heavy atom. The molecule has 2 N–H and O–H groups in total. The zero-order chi connectivity index (χ0) is 15.9. The number of ketones is 1. The summed E-state index contributed by atoms with van der Waals surface area (Å²) in [5.74, 6) is 0.416. The molecular weight excluding hydrogens is 300 g/mol. The molecule has 0 bridgehead atoms. The van der Waals surface area contributed by atoms with Gasteiger partial charge in [0.25, 0.3) is 0 Å². The van der Waals surface area contributed by atoms with Crippen LogP contribution < -0.4 is 10.6 Å². The molecule has 4 atom stereocenters. The van der Waals surface area contributed by atoms with Gasteiger partial charge in [-0.15, -0.1) is 0 Å². The SMILES string of the molecule is CCCCCC(=O)C([C]=O)CCC[C@@H]1SC[C@@H]2NC(=O)N[C@@H]21. The van der Waals surface area contributed by atoms with Crippen molar-refractivity contribution in [1.82, 2.24) is 10.6 Å². The quantitative estimate of drug-likeness (QED) is 0.367. The van der Waals surface area contributed by atoms with E-state index in [1.54, 1.807) is 0 Å². The number of unbranched alkanes of at least 4 members (excludes halogenated alkanes) is 2. The van der Waals surface area contributed by atoms with E-state index in [-0.39, 0.29) is 23.9 Å². The molecule has 1 unspecified atom stereocenters.